The number of nitrogens with one attached hydrogen (secondary N) is 9. The lowest BCUT2D eigenvalue weighted by Gasteiger charge is -2.15. The summed E-state index contributed by atoms with van der Waals surface area (Å²) in [5.74, 6) is -1.54. The van der Waals surface area contributed by atoms with Crippen LogP contribution in [0, 0.1) is 90.9 Å². The molecular formula is C105H138BrCl3F3N11O13. The number of nitrogens with zero attached hydrogens (tertiary/aromatic N) is 2. The largest absolute Gasteiger partial charge is 0.352 e. The van der Waals surface area contributed by atoms with E-state index < -0.39 is 21.5 Å². The van der Waals surface area contributed by atoms with Gasteiger partial charge >= 0.3 is 0 Å². The van der Waals surface area contributed by atoms with Gasteiger partial charge in [0.25, 0.3) is 11.4 Å². The van der Waals surface area contributed by atoms with Crippen molar-refractivity contribution in [3.63, 3.8) is 0 Å². The van der Waals surface area contributed by atoms with Crippen LogP contribution in [0.2, 0.25) is 15.1 Å². The third-order valence-corrected chi connectivity index (χ3v) is 20.8. The van der Waals surface area contributed by atoms with Crippen molar-refractivity contribution >= 4 is 115 Å². The van der Waals surface area contributed by atoms with Gasteiger partial charge in [-0.3, -0.25) is 63.4 Å². The Bertz CT molecular complexity index is 4820. The van der Waals surface area contributed by atoms with Crippen LogP contribution in [0.5, 0.6) is 0 Å². The number of nitro benzene ring substituents is 2. The highest BCUT2D eigenvalue weighted by Gasteiger charge is 2.20. The molecule has 24 nitrogen and oxygen atoms in total. The molecule has 9 rings (SSSR count). The Morgan fingerprint density at radius 3 is 0.728 bits per heavy atom. The molecule has 0 saturated carbocycles. The van der Waals surface area contributed by atoms with E-state index in [1.165, 1.54) is 48.5 Å². The highest BCUT2D eigenvalue weighted by molar-refractivity contribution is 9.10. The van der Waals surface area contributed by atoms with Crippen molar-refractivity contribution in [2.24, 2.45) is 53.3 Å². The summed E-state index contributed by atoms with van der Waals surface area (Å²) >= 11 is 20.8. The first-order chi connectivity index (χ1) is 63.6. The van der Waals surface area contributed by atoms with Gasteiger partial charge in [-0.2, -0.15) is 0 Å². The summed E-state index contributed by atoms with van der Waals surface area (Å²) in [6.45, 7) is 46.0. The first kappa shape index (κ1) is 122. The number of halogens is 7. The fourth-order valence-corrected chi connectivity index (χ4v) is 11.7. The molecule has 0 heterocycles. The summed E-state index contributed by atoms with van der Waals surface area (Å²) in [6.07, 6.45) is 0. The molecule has 0 radical (unpaired) electrons. The van der Waals surface area contributed by atoms with Crippen molar-refractivity contribution in [1.29, 1.82) is 0 Å². The van der Waals surface area contributed by atoms with E-state index in [0.29, 0.717) is 33.7 Å². The monoisotopic (exact) mass is 2000 g/mol. The number of hydrogen-bond acceptors (Lipinski definition) is 13. The number of nitro groups is 2. The molecule has 9 aromatic carbocycles. The van der Waals surface area contributed by atoms with Crippen molar-refractivity contribution in [2.45, 2.75) is 222 Å². The smallest absolute Gasteiger partial charge is 0.269 e. The topological polar surface area (TPSA) is 348 Å². The van der Waals surface area contributed by atoms with Crippen LogP contribution < -0.4 is 47.9 Å². The van der Waals surface area contributed by atoms with Gasteiger partial charge in [-0.25, -0.2) is 13.2 Å². The second-order valence-corrected chi connectivity index (χ2v) is 37.0. The standard InChI is InChI=1S/C12H16BrNO.C12H16FNO.2C12H16N2O3.2C12H17NO.C11H13Cl2NO.C11H14ClNO.C11H13F2NO/c2*1-8(2)12(15)14-9(3)10-4-6-11(13)7-5-10;2*1-8(2)12(15)13-9(3)10-4-6-11(7-5-10)14(16)17;2*1-9(2)12(14)13-10(3)11-7-5-4-6-8-11;1-7(2)11(15)14-6-8-3-9(12)5-10(13)4-8;1-8(2)11(14)13-7-9-3-5-10(12)6-4-9;1-7(2)11(15)14-6-8-3-9(12)5-10(13)4-8/h2*4-9H,1-3H3,(H,14,15);2*4-9H,1-3H3,(H,13,15);2*4-10H,1-3H3,(H,13,14);3-5,7H,6H2,1-2H3,(H,14,15);3-6,8H,7H2,1-2H3,(H,13,14);3-5,7H,6H2,1-2H3,(H,14,15)/t4*9-;2*10-;;;/m011010.../s1. The molecule has 0 saturated heterocycles. The van der Waals surface area contributed by atoms with Crippen molar-refractivity contribution in [2.75, 3.05) is 0 Å². The lowest BCUT2D eigenvalue weighted by molar-refractivity contribution is -0.385. The molecule has 0 aliphatic rings. The second kappa shape index (κ2) is 65.0. The third kappa shape index (κ3) is 52.3. The molecule has 9 amide bonds. The zero-order valence-electron chi connectivity index (χ0n) is 82.4. The summed E-state index contributed by atoms with van der Waals surface area (Å²) in [5.41, 5.74) is 8.49. The van der Waals surface area contributed by atoms with Crippen molar-refractivity contribution in [3.05, 3.63) is 326 Å². The van der Waals surface area contributed by atoms with Crippen LogP contribution in [0.4, 0.5) is 24.5 Å². The third-order valence-electron chi connectivity index (χ3n) is 19.6. The maximum Gasteiger partial charge on any atom is 0.269 e. The first-order valence-corrected chi connectivity index (χ1v) is 46.9. The first-order valence-electron chi connectivity index (χ1n) is 45.0. The fourth-order valence-electron chi connectivity index (χ4n) is 10.7. The number of rotatable bonds is 29. The van der Waals surface area contributed by atoms with Gasteiger partial charge in [-0.05, 0) is 158 Å². The van der Waals surface area contributed by atoms with Crippen LogP contribution in [0.15, 0.2) is 223 Å². The lowest BCUT2D eigenvalue weighted by atomic mass is 10.1. The normalized spacial score (nSPS) is 11.8. The summed E-state index contributed by atoms with van der Waals surface area (Å²) in [6, 6.07) is 62.2. The fraction of sp³-hybridized carbons (Fsp3) is 0.400. The maximum atomic E-state index is 12.8. The highest BCUT2D eigenvalue weighted by Crippen LogP contribution is 2.24. The van der Waals surface area contributed by atoms with Crippen molar-refractivity contribution in [3.8, 4) is 0 Å². The average molecular weight is 2010 g/mol. The van der Waals surface area contributed by atoms with E-state index in [2.05, 4.69) is 63.8 Å². The predicted molar refractivity (Wildman–Crippen MR) is 542 cm³/mol. The summed E-state index contributed by atoms with van der Waals surface area (Å²) in [7, 11) is 0. The lowest BCUT2D eigenvalue weighted by Crippen LogP contribution is -2.30. The molecule has 0 fully saturated rings. The van der Waals surface area contributed by atoms with Gasteiger partial charge in [-0.1, -0.05) is 297 Å². The van der Waals surface area contributed by atoms with Crippen LogP contribution >= 0.6 is 50.7 Å². The Morgan fingerprint density at radius 1 is 0.265 bits per heavy atom. The van der Waals surface area contributed by atoms with E-state index in [-0.39, 0.29) is 166 Å². The Kier molecular flexibility index (Phi) is 58.4. The number of carbonyl (C=O) groups is 9. The molecule has 0 aliphatic carbocycles. The van der Waals surface area contributed by atoms with E-state index in [9.17, 15) is 76.6 Å². The Balaban J connectivity index is 0.000000766. The van der Waals surface area contributed by atoms with Gasteiger partial charge in [0.05, 0.1) is 46.1 Å². The van der Waals surface area contributed by atoms with Gasteiger partial charge in [0.15, 0.2) is 0 Å². The molecule has 0 spiro atoms. The molecule has 0 bridgehead atoms. The molecule has 9 N–H and O–H groups in total. The van der Waals surface area contributed by atoms with Crippen molar-refractivity contribution < 1.29 is 66.2 Å². The van der Waals surface area contributed by atoms with Crippen LogP contribution in [0.25, 0.3) is 0 Å². The number of amides is 9. The number of non-ortho nitro benzene ring substituents is 2. The van der Waals surface area contributed by atoms with E-state index in [4.69, 9.17) is 34.8 Å². The van der Waals surface area contributed by atoms with Gasteiger partial charge in [0.2, 0.25) is 53.2 Å². The Morgan fingerprint density at radius 2 is 0.485 bits per heavy atom. The molecule has 0 aliphatic heterocycles. The zero-order valence-corrected chi connectivity index (χ0v) is 86.3. The molecule has 6 atom stereocenters. The molecule has 136 heavy (non-hydrogen) atoms. The summed E-state index contributed by atoms with van der Waals surface area (Å²) in [4.78, 5) is 123. The van der Waals surface area contributed by atoms with E-state index >= 15 is 0 Å². The Hall–Kier alpha value is -11.9. The molecule has 31 heteroatoms. The van der Waals surface area contributed by atoms with E-state index in [1.54, 1.807) is 68.4 Å². The number of hydrogen-bond donors (Lipinski definition) is 9. The minimum atomic E-state index is -0.635. The van der Waals surface area contributed by atoms with E-state index in [0.717, 1.165) is 55.0 Å². The molecule has 740 valence electrons. The molecular weight excluding hydrogens is 1870 g/mol. The maximum absolute atomic E-state index is 12.8. The minimum absolute atomic E-state index is 0.00632. The van der Waals surface area contributed by atoms with Crippen LogP contribution in [-0.2, 0) is 62.8 Å². The minimum Gasteiger partial charge on any atom is -0.352 e. The van der Waals surface area contributed by atoms with Crippen LogP contribution in [-0.4, -0.2) is 63.0 Å². The van der Waals surface area contributed by atoms with Crippen LogP contribution in [0.1, 0.15) is 252 Å². The van der Waals surface area contributed by atoms with E-state index in [1.807, 2.05) is 262 Å². The average Bonchev–Trinajstić information content (AvgIpc) is 0.877. The number of benzene rings is 9. The molecule has 9 aromatic rings. The zero-order chi connectivity index (χ0) is 103. The summed E-state index contributed by atoms with van der Waals surface area (Å²) < 4.78 is 39.2. The number of carbonyl (C=O) groups excluding carboxylic acids is 9. The highest BCUT2D eigenvalue weighted by atomic mass is 79.9. The SMILES string of the molecule is CC(C)C(=O)NCc1cc(Cl)cc(Cl)c1.CC(C)C(=O)NCc1cc(F)cc(F)c1.CC(C)C(=O)NCc1ccc(Cl)cc1.CC(C)C(=O)N[C@@H](C)c1ccc(Br)cc1.CC(C)C(=O)N[C@@H](C)c1ccc([N+](=O)[O-])cc1.CC(C)C(=O)N[C@@H](C)c1ccccc1.CC(C)C(=O)N[C@H](C)c1ccc(F)cc1.CC(C)C(=O)N[C@H](C)c1ccc([N+](=O)[O-])cc1.CC(C)C(=O)N[C@H](C)c1ccccc1. The van der Waals surface area contributed by atoms with Crippen molar-refractivity contribution in [1.82, 2.24) is 47.9 Å². The van der Waals surface area contributed by atoms with Gasteiger partial charge in [0.1, 0.15) is 17.5 Å². The van der Waals surface area contributed by atoms with Gasteiger partial charge < -0.3 is 47.9 Å². The van der Waals surface area contributed by atoms with Gasteiger partial charge in [-0.15, -0.1) is 0 Å². The molecule has 0 unspecified atom stereocenters. The molecule has 0 aromatic heterocycles. The van der Waals surface area contributed by atoms with Gasteiger partial charge in [0, 0.05) is 123 Å². The second-order valence-electron chi connectivity index (χ2n) is 34.7. The van der Waals surface area contributed by atoms with Crippen LogP contribution in [0.3, 0.4) is 0 Å². The Labute approximate surface area is 825 Å². The quantitative estimate of drug-likeness (QED) is 0.0156. The predicted octanol–water partition coefficient (Wildman–Crippen LogP) is 24.0. The summed E-state index contributed by atoms with van der Waals surface area (Å²) in [5, 5.41) is 48.5.